The van der Waals surface area contributed by atoms with E-state index in [0.29, 0.717) is 10.8 Å². The number of unbranched alkanes of at least 4 members (excludes halogenated alkanes) is 3. The third-order valence-electron chi connectivity index (χ3n) is 10.8. The molecule has 0 heteroatoms. The fourth-order valence-electron chi connectivity index (χ4n) is 8.72. The van der Waals surface area contributed by atoms with Crippen LogP contribution in [0.4, 0.5) is 0 Å². The second kappa shape index (κ2) is 13.9. The average molecular weight is 473 g/mol. The highest BCUT2D eigenvalue weighted by Gasteiger charge is 2.58. The van der Waals surface area contributed by atoms with E-state index in [-0.39, 0.29) is 0 Å². The molecule has 0 aromatic carbocycles. The Morgan fingerprint density at radius 3 is 2.21 bits per heavy atom. The predicted molar refractivity (Wildman–Crippen MR) is 154 cm³/mol. The maximum Gasteiger partial charge on any atom is -0.00851 e. The first-order valence-corrected chi connectivity index (χ1v) is 16.0. The fourth-order valence-corrected chi connectivity index (χ4v) is 8.72. The molecule has 0 amide bonds. The Bertz CT molecular complexity index is 597. The van der Waals surface area contributed by atoms with E-state index in [9.17, 15) is 0 Å². The molecule has 1 unspecified atom stereocenters. The molecule has 0 nitrogen and oxygen atoms in total. The summed E-state index contributed by atoms with van der Waals surface area (Å²) in [5.74, 6) is 5.88. The van der Waals surface area contributed by atoms with Crippen LogP contribution in [0.25, 0.3) is 0 Å². The number of fused-ring (bicyclic) bond motifs is 5. The van der Waals surface area contributed by atoms with E-state index in [2.05, 4.69) is 54.5 Å². The van der Waals surface area contributed by atoms with Gasteiger partial charge >= 0.3 is 0 Å². The van der Waals surface area contributed by atoms with Gasteiger partial charge in [-0.15, -0.1) is 0 Å². The Balaban J connectivity index is 0.000000520. The third-order valence-corrected chi connectivity index (χ3v) is 10.8. The molecule has 0 heterocycles. The van der Waals surface area contributed by atoms with Crippen LogP contribution in [-0.4, -0.2) is 0 Å². The summed E-state index contributed by atoms with van der Waals surface area (Å²) < 4.78 is 0. The monoisotopic (exact) mass is 473 g/mol. The van der Waals surface area contributed by atoms with Crippen molar-refractivity contribution in [2.24, 2.45) is 46.3 Å². The van der Waals surface area contributed by atoms with E-state index in [1.165, 1.54) is 89.9 Å². The van der Waals surface area contributed by atoms with E-state index >= 15 is 0 Å². The highest BCUT2D eigenvalue weighted by Crippen LogP contribution is 2.67. The van der Waals surface area contributed by atoms with Gasteiger partial charge in [-0.1, -0.05) is 112 Å². The SMILES string of the molecule is CC.CC(C)CCCC[C@H]1CC[C@H]2C3CC=C4C[C@@H](C)CC[C@]4(C)[C@H]3CC[C@]12C.CCCCC. The normalized spacial score (nSPS) is 38.4. The van der Waals surface area contributed by atoms with E-state index in [1.54, 1.807) is 6.42 Å². The van der Waals surface area contributed by atoms with Crippen LogP contribution in [0.3, 0.4) is 0 Å². The molecule has 34 heavy (non-hydrogen) atoms. The van der Waals surface area contributed by atoms with Gasteiger partial charge in [0, 0.05) is 0 Å². The molecule has 3 saturated carbocycles. The number of allylic oxidation sites excluding steroid dienone is 2. The summed E-state index contributed by atoms with van der Waals surface area (Å²) >= 11 is 0. The molecule has 0 aromatic rings. The molecule has 0 aliphatic heterocycles. The largest absolute Gasteiger partial charge is 0.0845 e. The molecular weight excluding hydrogens is 408 g/mol. The maximum absolute atomic E-state index is 2.75. The number of rotatable bonds is 7. The summed E-state index contributed by atoms with van der Waals surface area (Å²) in [6, 6.07) is 0. The van der Waals surface area contributed by atoms with Crippen LogP contribution in [0.1, 0.15) is 159 Å². The van der Waals surface area contributed by atoms with Gasteiger partial charge in [0.2, 0.25) is 0 Å². The molecule has 200 valence electrons. The van der Waals surface area contributed by atoms with Crippen molar-refractivity contribution < 1.29 is 0 Å². The van der Waals surface area contributed by atoms with Gasteiger partial charge in [0.15, 0.2) is 0 Å². The molecule has 4 aliphatic carbocycles. The predicted octanol–water partition coefficient (Wildman–Crippen LogP) is 11.6. The molecule has 7 atom stereocenters. The van der Waals surface area contributed by atoms with Crippen molar-refractivity contribution in [2.45, 2.75) is 159 Å². The fraction of sp³-hybridized carbons (Fsp3) is 0.941. The van der Waals surface area contributed by atoms with Crippen molar-refractivity contribution in [3.05, 3.63) is 11.6 Å². The van der Waals surface area contributed by atoms with Gasteiger partial charge in [-0.25, -0.2) is 0 Å². The molecule has 0 saturated heterocycles. The molecule has 0 N–H and O–H groups in total. The highest BCUT2D eigenvalue weighted by molar-refractivity contribution is 5.24. The first-order chi connectivity index (χ1) is 16.3. The zero-order valence-corrected chi connectivity index (χ0v) is 25.1. The van der Waals surface area contributed by atoms with Gasteiger partial charge in [0.1, 0.15) is 0 Å². The quantitative estimate of drug-likeness (QED) is 0.255. The van der Waals surface area contributed by atoms with Crippen LogP contribution in [0, 0.1) is 46.3 Å². The lowest BCUT2D eigenvalue weighted by atomic mass is 9.47. The van der Waals surface area contributed by atoms with E-state index in [0.717, 1.165) is 35.5 Å². The summed E-state index contributed by atoms with van der Waals surface area (Å²) in [7, 11) is 0. The van der Waals surface area contributed by atoms with Crippen LogP contribution >= 0.6 is 0 Å². The summed E-state index contributed by atoms with van der Waals surface area (Å²) in [6.45, 7) is 21.1. The van der Waals surface area contributed by atoms with Gasteiger partial charge in [-0.2, -0.15) is 0 Å². The topological polar surface area (TPSA) is 0 Å². The number of hydrogen-bond donors (Lipinski definition) is 0. The van der Waals surface area contributed by atoms with Gasteiger partial charge in [0.25, 0.3) is 0 Å². The van der Waals surface area contributed by atoms with Crippen molar-refractivity contribution in [3.63, 3.8) is 0 Å². The summed E-state index contributed by atoms with van der Waals surface area (Å²) in [4.78, 5) is 0. The lowest BCUT2D eigenvalue weighted by Gasteiger charge is -2.58. The van der Waals surface area contributed by atoms with E-state index < -0.39 is 0 Å². The Morgan fingerprint density at radius 1 is 0.882 bits per heavy atom. The van der Waals surface area contributed by atoms with Crippen molar-refractivity contribution in [2.75, 3.05) is 0 Å². The van der Waals surface area contributed by atoms with Crippen molar-refractivity contribution >= 4 is 0 Å². The molecule has 0 radical (unpaired) electrons. The standard InChI is InChI=1S/C27H46.C5H12.C2H6/c1-19(2)8-6-7-9-21-11-13-24-23-12-10-22-18-20(3)14-16-27(22,5)25(23)15-17-26(21,24)4;1-3-5-4-2;1-2/h10,19-21,23-25H,6-9,11-18H2,1-5H3;3-5H2,1-2H3;1-2H3/t20-,21-,23?,24-,25-,26+,27-;;/m0../s1. The molecule has 4 aliphatic rings. The van der Waals surface area contributed by atoms with Crippen LogP contribution in [-0.2, 0) is 0 Å². The highest BCUT2D eigenvalue weighted by atomic mass is 14.6. The van der Waals surface area contributed by atoms with Gasteiger partial charge in [-0.3, -0.25) is 0 Å². The third kappa shape index (κ3) is 6.73. The first kappa shape index (κ1) is 30.0. The summed E-state index contributed by atoms with van der Waals surface area (Å²) in [6.07, 6.45) is 24.6. The number of hydrogen-bond acceptors (Lipinski definition) is 0. The summed E-state index contributed by atoms with van der Waals surface area (Å²) in [5.41, 5.74) is 3.10. The van der Waals surface area contributed by atoms with Crippen LogP contribution in [0.5, 0.6) is 0 Å². The molecular formula is C34H64. The van der Waals surface area contributed by atoms with Crippen LogP contribution in [0.15, 0.2) is 11.6 Å². The smallest absolute Gasteiger partial charge is 0.00851 e. The average Bonchev–Trinajstić information content (AvgIpc) is 3.15. The Kier molecular flexibility index (Phi) is 12.2. The van der Waals surface area contributed by atoms with Crippen molar-refractivity contribution in [1.82, 2.24) is 0 Å². The van der Waals surface area contributed by atoms with Gasteiger partial charge < -0.3 is 0 Å². The van der Waals surface area contributed by atoms with Crippen LogP contribution in [0.2, 0.25) is 0 Å². The molecule has 0 bridgehead atoms. The lowest BCUT2D eigenvalue weighted by Crippen LogP contribution is -2.49. The minimum Gasteiger partial charge on any atom is -0.0845 e. The minimum atomic E-state index is 0.562. The molecule has 3 fully saturated rings. The maximum atomic E-state index is 2.75. The molecule has 0 spiro atoms. The zero-order valence-electron chi connectivity index (χ0n) is 25.1. The minimum absolute atomic E-state index is 0.562. The van der Waals surface area contributed by atoms with Gasteiger partial charge in [0.05, 0.1) is 0 Å². The lowest BCUT2D eigenvalue weighted by molar-refractivity contribution is -0.0450. The Morgan fingerprint density at radius 2 is 1.59 bits per heavy atom. The first-order valence-electron chi connectivity index (χ1n) is 16.0. The van der Waals surface area contributed by atoms with E-state index in [1.807, 2.05) is 19.4 Å². The van der Waals surface area contributed by atoms with Crippen LogP contribution < -0.4 is 0 Å². The second-order valence-electron chi connectivity index (χ2n) is 13.5. The van der Waals surface area contributed by atoms with Crippen molar-refractivity contribution in [3.8, 4) is 0 Å². The van der Waals surface area contributed by atoms with Gasteiger partial charge in [-0.05, 0) is 104 Å². The molecule has 4 rings (SSSR count). The summed E-state index contributed by atoms with van der Waals surface area (Å²) in [5, 5.41) is 0. The zero-order chi connectivity index (χ0) is 25.4. The second-order valence-corrected chi connectivity index (χ2v) is 13.5. The van der Waals surface area contributed by atoms with E-state index in [4.69, 9.17) is 0 Å². The Labute approximate surface area is 216 Å². The Hall–Kier alpha value is -0.260. The molecule has 0 aromatic heterocycles. The van der Waals surface area contributed by atoms with Crippen molar-refractivity contribution in [1.29, 1.82) is 0 Å².